The van der Waals surface area contributed by atoms with E-state index in [2.05, 4.69) is 10.3 Å². The molecule has 1 aromatic heterocycles. The highest BCUT2D eigenvalue weighted by atomic mass is 32.1. The predicted octanol–water partition coefficient (Wildman–Crippen LogP) is 4.08. The number of nitrogens with one attached hydrogen (secondary N) is 1. The van der Waals surface area contributed by atoms with Crippen LogP contribution in [0.25, 0.3) is 10.2 Å². The number of Topliss-reactive ketones (excluding diaryl/α,β-unsaturated/α-hetero) is 1. The summed E-state index contributed by atoms with van der Waals surface area (Å²) >= 11 is 1.26. The fraction of sp³-hybridized carbons (Fsp3) is 0.238. The lowest BCUT2D eigenvalue weighted by molar-refractivity contribution is -0.116. The number of anilines is 1. The SMILES string of the molecule is CCOC(=O)c1ccc2nc(NC(=O)CCC(=O)c3ccccc3OC)sc2c1. The molecule has 29 heavy (non-hydrogen) atoms. The van der Waals surface area contributed by atoms with E-state index in [9.17, 15) is 14.4 Å². The third kappa shape index (κ3) is 4.97. The minimum atomic E-state index is -0.400. The molecule has 0 radical (unpaired) electrons. The minimum absolute atomic E-state index is 0.0287. The van der Waals surface area contributed by atoms with Gasteiger partial charge in [-0.2, -0.15) is 0 Å². The second kappa shape index (κ2) is 9.29. The molecule has 0 spiro atoms. The number of methoxy groups -OCH3 is 1. The van der Waals surface area contributed by atoms with Crippen LogP contribution in [-0.2, 0) is 9.53 Å². The summed E-state index contributed by atoms with van der Waals surface area (Å²) in [7, 11) is 1.50. The summed E-state index contributed by atoms with van der Waals surface area (Å²) in [6.45, 7) is 2.05. The molecule has 0 aliphatic rings. The highest BCUT2D eigenvalue weighted by Gasteiger charge is 2.15. The Kier molecular flexibility index (Phi) is 6.56. The van der Waals surface area contributed by atoms with Crippen LogP contribution < -0.4 is 10.1 Å². The maximum absolute atomic E-state index is 12.4. The Morgan fingerprint density at radius 1 is 1.10 bits per heavy atom. The van der Waals surface area contributed by atoms with Gasteiger partial charge in [0, 0.05) is 12.8 Å². The Bertz CT molecular complexity index is 1060. The van der Waals surface area contributed by atoms with Crippen LogP contribution in [0.1, 0.15) is 40.5 Å². The molecule has 3 aromatic rings. The maximum atomic E-state index is 12.4. The van der Waals surface area contributed by atoms with Crippen molar-refractivity contribution in [2.45, 2.75) is 19.8 Å². The van der Waals surface area contributed by atoms with E-state index in [1.807, 2.05) is 0 Å². The second-order valence-electron chi connectivity index (χ2n) is 6.09. The largest absolute Gasteiger partial charge is 0.496 e. The lowest BCUT2D eigenvalue weighted by atomic mass is 10.1. The molecule has 0 fully saturated rings. The van der Waals surface area contributed by atoms with Gasteiger partial charge >= 0.3 is 5.97 Å². The average molecular weight is 412 g/mol. The Hall–Kier alpha value is -3.26. The topological polar surface area (TPSA) is 94.6 Å². The molecule has 7 nitrogen and oxygen atoms in total. The number of carbonyl (C=O) groups excluding carboxylic acids is 3. The number of carbonyl (C=O) groups is 3. The Balaban J connectivity index is 1.62. The van der Waals surface area contributed by atoms with E-state index in [0.717, 1.165) is 4.70 Å². The van der Waals surface area contributed by atoms with Crippen molar-refractivity contribution in [3.05, 3.63) is 53.6 Å². The predicted molar refractivity (Wildman–Crippen MR) is 111 cm³/mol. The molecular weight excluding hydrogens is 392 g/mol. The van der Waals surface area contributed by atoms with Crippen LogP contribution in [0.5, 0.6) is 5.75 Å². The van der Waals surface area contributed by atoms with Crippen molar-refractivity contribution >= 4 is 44.3 Å². The molecular formula is C21H20N2O5S. The van der Waals surface area contributed by atoms with Crippen LogP contribution in [0.15, 0.2) is 42.5 Å². The van der Waals surface area contributed by atoms with Gasteiger partial charge in [-0.1, -0.05) is 23.5 Å². The van der Waals surface area contributed by atoms with E-state index in [1.165, 1.54) is 18.4 Å². The number of ether oxygens (including phenoxy) is 2. The second-order valence-corrected chi connectivity index (χ2v) is 7.12. The fourth-order valence-corrected chi connectivity index (χ4v) is 3.66. The summed E-state index contributed by atoms with van der Waals surface area (Å²) < 4.78 is 10.9. The van der Waals surface area contributed by atoms with Gasteiger partial charge in [0.1, 0.15) is 5.75 Å². The number of thiazole rings is 1. The molecule has 0 atom stereocenters. The van der Waals surface area contributed by atoms with Crippen molar-refractivity contribution in [2.75, 3.05) is 19.0 Å². The molecule has 0 aliphatic carbocycles. The van der Waals surface area contributed by atoms with Crippen LogP contribution in [-0.4, -0.2) is 36.4 Å². The van der Waals surface area contributed by atoms with Crippen LogP contribution in [0.4, 0.5) is 5.13 Å². The number of para-hydroxylation sites is 1. The van der Waals surface area contributed by atoms with E-state index in [-0.39, 0.29) is 24.5 Å². The minimum Gasteiger partial charge on any atom is -0.496 e. The van der Waals surface area contributed by atoms with Gasteiger partial charge in [0.15, 0.2) is 10.9 Å². The van der Waals surface area contributed by atoms with Crippen molar-refractivity contribution in [3.63, 3.8) is 0 Å². The highest BCUT2D eigenvalue weighted by molar-refractivity contribution is 7.22. The smallest absolute Gasteiger partial charge is 0.338 e. The first-order chi connectivity index (χ1) is 14.0. The number of hydrogen-bond acceptors (Lipinski definition) is 7. The summed E-state index contributed by atoms with van der Waals surface area (Å²) in [6.07, 6.45) is 0.0883. The number of nitrogens with zero attached hydrogens (tertiary/aromatic N) is 1. The highest BCUT2D eigenvalue weighted by Crippen LogP contribution is 2.27. The zero-order chi connectivity index (χ0) is 20.8. The third-order valence-corrected chi connectivity index (χ3v) is 5.07. The van der Waals surface area contributed by atoms with Crippen LogP contribution in [0.2, 0.25) is 0 Å². The number of rotatable bonds is 8. The number of fused-ring (bicyclic) bond motifs is 1. The molecule has 3 rings (SSSR count). The van der Waals surface area contributed by atoms with Gasteiger partial charge in [0.05, 0.1) is 35.1 Å². The standard InChI is InChI=1S/C21H20N2O5S/c1-3-28-20(26)13-8-9-15-18(12-13)29-21(22-15)23-19(25)11-10-16(24)14-6-4-5-7-17(14)27-2/h4-9,12H,3,10-11H2,1-2H3,(H,22,23,25). The summed E-state index contributed by atoms with van der Waals surface area (Å²) in [5.74, 6) is -0.386. The number of amides is 1. The fourth-order valence-electron chi connectivity index (χ4n) is 2.74. The van der Waals surface area contributed by atoms with Gasteiger partial charge in [0.2, 0.25) is 5.91 Å². The first-order valence-corrected chi connectivity index (χ1v) is 9.87. The normalized spacial score (nSPS) is 10.6. The van der Waals surface area contributed by atoms with Crippen molar-refractivity contribution in [3.8, 4) is 5.75 Å². The van der Waals surface area contributed by atoms with Crippen molar-refractivity contribution in [1.82, 2.24) is 4.98 Å². The van der Waals surface area contributed by atoms with E-state index in [0.29, 0.717) is 34.1 Å². The molecule has 0 unspecified atom stereocenters. The average Bonchev–Trinajstić information content (AvgIpc) is 3.13. The maximum Gasteiger partial charge on any atom is 0.338 e. The summed E-state index contributed by atoms with van der Waals surface area (Å²) in [4.78, 5) is 40.8. The van der Waals surface area contributed by atoms with Gasteiger partial charge in [-0.3, -0.25) is 9.59 Å². The molecule has 0 bridgehead atoms. The molecule has 0 saturated heterocycles. The molecule has 150 valence electrons. The van der Waals surface area contributed by atoms with Gasteiger partial charge in [0.25, 0.3) is 0 Å². The van der Waals surface area contributed by atoms with E-state index >= 15 is 0 Å². The van der Waals surface area contributed by atoms with Crippen molar-refractivity contribution in [2.24, 2.45) is 0 Å². The Labute approximate surface area is 171 Å². The van der Waals surface area contributed by atoms with Crippen molar-refractivity contribution in [1.29, 1.82) is 0 Å². The van der Waals surface area contributed by atoms with Gasteiger partial charge < -0.3 is 14.8 Å². The molecule has 1 amide bonds. The lowest BCUT2D eigenvalue weighted by Gasteiger charge is -2.07. The summed E-state index contributed by atoms with van der Waals surface area (Å²) in [5.41, 5.74) is 1.56. The van der Waals surface area contributed by atoms with Crippen molar-refractivity contribution < 1.29 is 23.9 Å². The summed E-state index contributed by atoms with van der Waals surface area (Å²) in [5, 5.41) is 3.12. The van der Waals surface area contributed by atoms with E-state index in [4.69, 9.17) is 9.47 Å². The van der Waals surface area contributed by atoms with Crippen LogP contribution >= 0.6 is 11.3 Å². The van der Waals surface area contributed by atoms with Gasteiger partial charge in [-0.15, -0.1) is 0 Å². The molecule has 8 heteroatoms. The molecule has 0 saturated carbocycles. The quantitative estimate of drug-likeness (QED) is 0.442. The van der Waals surface area contributed by atoms with Crippen LogP contribution in [0, 0.1) is 0 Å². The number of ketones is 1. The van der Waals surface area contributed by atoms with E-state index < -0.39 is 5.97 Å². The van der Waals surface area contributed by atoms with Crippen LogP contribution in [0.3, 0.4) is 0 Å². The Morgan fingerprint density at radius 2 is 1.90 bits per heavy atom. The number of benzene rings is 2. The zero-order valence-electron chi connectivity index (χ0n) is 16.1. The first-order valence-electron chi connectivity index (χ1n) is 9.05. The number of hydrogen-bond donors (Lipinski definition) is 1. The molecule has 2 aromatic carbocycles. The monoisotopic (exact) mass is 412 g/mol. The molecule has 1 N–H and O–H groups in total. The first kappa shape index (κ1) is 20.5. The number of aromatic nitrogens is 1. The van der Waals surface area contributed by atoms with Gasteiger partial charge in [-0.05, 0) is 37.3 Å². The molecule has 1 heterocycles. The summed E-state index contributed by atoms with van der Waals surface area (Å²) in [6, 6.07) is 11.9. The molecule has 0 aliphatic heterocycles. The van der Waals surface area contributed by atoms with E-state index in [1.54, 1.807) is 49.4 Å². The lowest BCUT2D eigenvalue weighted by Crippen LogP contribution is -2.13. The Morgan fingerprint density at radius 3 is 2.66 bits per heavy atom. The van der Waals surface area contributed by atoms with Gasteiger partial charge in [-0.25, -0.2) is 9.78 Å². The zero-order valence-corrected chi connectivity index (χ0v) is 16.9. The number of esters is 1. The third-order valence-electron chi connectivity index (χ3n) is 4.13.